The van der Waals surface area contributed by atoms with Crippen molar-refractivity contribution in [1.82, 2.24) is 0 Å². The number of carbonyl (C=O) groups is 2. The quantitative estimate of drug-likeness (QED) is 0.728. The Labute approximate surface area is 130 Å². The largest absolute Gasteiger partial charge is 0.417 e. The van der Waals surface area contributed by atoms with Crippen LogP contribution in [0.25, 0.3) is 0 Å². The molecule has 0 bridgehead atoms. The van der Waals surface area contributed by atoms with Crippen molar-refractivity contribution in [3.8, 4) is 0 Å². The van der Waals surface area contributed by atoms with E-state index in [-0.39, 0.29) is 5.69 Å². The Morgan fingerprint density at radius 3 is 2.09 bits per heavy atom. The molecule has 1 heterocycles. The summed E-state index contributed by atoms with van der Waals surface area (Å²) >= 11 is 5.57. The first-order valence-corrected chi connectivity index (χ1v) is 7.43. The van der Waals surface area contributed by atoms with Gasteiger partial charge in [-0.05, 0) is 31.0 Å². The normalized spacial score (nSPS) is 25.5. The molecule has 0 N–H and O–H groups in total. The Morgan fingerprint density at radius 2 is 1.59 bits per heavy atom. The van der Waals surface area contributed by atoms with Crippen molar-refractivity contribution >= 4 is 29.1 Å². The van der Waals surface area contributed by atoms with Crippen LogP contribution in [-0.2, 0) is 15.8 Å². The highest BCUT2D eigenvalue weighted by Gasteiger charge is 2.49. The predicted octanol–water partition coefficient (Wildman–Crippen LogP) is 4.04. The van der Waals surface area contributed by atoms with E-state index >= 15 is 0 Å². The number of carbonyl (C=O) groups excluding carboxylic acids is 2. The zero-order valence-electron chi connectivity index (χ0n) is 11.5. The Morgan fingerprint density at radius 1 is 1.05 bits per heavy atom. The molecule has 2 amide bonds. The number of anilines is 1. The molecular weight excluding hydrogens is 319 g/mol. The molecule has 2 aliphatic rings. The van der Waals surface area contributed by atoms with Crippen LogP contribution in [0.1, 0.15) is 31.2 Å². The van der Waals surface area contributed by atoms with Crippen molar-refractivity contribution < 1.29 is 22.8 Å². The molecule has 2 fully saturated rings. The van der Waals surface area contributed by atoms with Gasteiger partial charge in [-0.15, -0.1) is 0 Å². The number of benzene rings is 1. The lowest BCUT2D eigenvalue weighted by Gasteiger charge is -2.19. The average molecular weight is 332 g/mol. The first-order valence-electron chi connectivity index (χ1n) is 7.05. The molecule has 0 radical (unpaired) electrons. The van der Waals surface area contributed by atoms with Crippen molar-refractivity contribution in [1.29, 1.82) is 0 Å². The van der Waals surface area contributed by atoms with Gasteiger partial charge in [-0.3, -0.25) is 14.5 Å². The van der Waals surface area contributed by atoms with Crippen molar-refractivity contribution in [2.24, 2.45) is 11.8 Å². The maximum absolute atomic E-state index is 12.9. The summed E-state index contributed by atoms with van der Waals surface area (Å²) in [5.74, 6) is -1.59. The summed E-state index contributed by atoms with van der Waals surface area (Å²) in [7, 11) is 0. The predicted molar refractivity (Wildman–Crippen MR) is 74.4 cm³/mol. The molecule has 118 valence electrons. The van der Waals surface area contributed by atoms with Crippen LogP contribution in [0.15, 0.2) is 18.2 Å². The van der Waals surface area contributed by atoms with E-state index in [1.807, 2.05) is 0 Å². The Hall–Kier alpha value is -1.56. The molecule has 1 aromatic rings. The minimum Gasteiger partial charge on any atom is -0.274 e. The summed E-state index contributed by atoms with van der Waals surface area (Å²) in [5.41, 5.74) is -1.09. The smallest absolute Gasteiger partial charge is 0.274 e. The summed E-state index contributed by atoms with van der Waals surface area (Å²) < 4.78 is 38.8. The second-order valence-electron chi connectivity index (χ2n) is 5.67. The number of rotatable bonds is 1. The van der Waals surface area contributed by atoms with Crippen LogP contribution in [0.3, 0.4) is 0 Å². The van der Waals surface area contributed by atoms with Crippen LogP contribution in [0.2, 0.25) is 5.02 Å². The van der Waals surface area contributed by atoms with Gasteiger partial charge in [0.2, 0.25) is 11.8 Å². The second-order valence-corrected chi connectivity index (χ2v) is 6.08. The first-order chi connectivity index (χ1) is 10.3. The molecule has 1 saturated carbocycles. The molecule has 0 spiro atoms. The molecule has 1 saturated heterocycles. The number of nitrogens with zero attached hydrogens (tertiary/aromatic N) is 1. The third kappa shape index (κ3) is 2.39. The van der Waals surface area contributed by atoms with Crippen LogP contribution in [-0.4, -0.2) is 11.8 Å². The Bertz CT molecular complexity index is 620. The number of amides is 2. The van der Waals surface area contributed by atoms with Crippen LogP contribution in [0.4, 0.5) is 18.9 Å². The van der Waals surface area contributed by atoms with Crippen molar-refractivity contribution in [2.45, 2.75) is 31.9 Å². The molecule has 3 rings (SSSR count). The van der Waals surface area contributed by atoms with E-state index in [0.717, 1.165) is 29.9 Å². The van der Waals surface area contributed by atoms with E-state index in [1.54, 1.807) is 0 Å². The molecule has 3 nitrogen and oxygen atoms in total. The van der Waals surface area contributed by atoms with Crippen molar-refractivity contribution in [2.75, 3.05) is 4.90 Å². The van der Waals surface area contributed by atoms with Gasteiger partial charge < -0.3 is 0 Å². The van der Waals surface area contributed by atoms with E-state index in [1.165, 1.54) is 6.07 Å². The zero-order valence-corrected chi connectivity index (χ0v) is 12.2. The highest BCUT2D eigenvalue weighted by Crippen LogP contribution is 2.42. The summed E-state index contributed by atoms with van der Waals surface area (Å²) in [5, 5.41) is -0.451. The van der Waals surface area contributed by atoms with Gasteiger partial charge in [0.1, 0.15) is 0 Å². The summed E-state index contributed by atoms with van der Waals surface area (Å²) in [4.78, 5) is 25.7. The number of imide groups is 1. The van der Waals surface area contributed by atoms with Gasteiger partial charge in [0.05, 0.1) is 28.1 Å². The summed E-state index contributed by atoms with van der Waals surface area (Å²) in [6, 6.07) is 3.13. The van der Waals surface area contributed by atoms with E-state index in [2.05, 4.69) is 0 Å². The molecule has 0 aromatic heterocycles. The molecular formula is C15H13ClF3NO2. The first kappa shape index (κ1) is 15.3. The van der Waals surface area contributed by atoms with E-state index in [4.69, 9.17) is 11.6 Å². The molecule has 0 unspecified atom stereocenters. The van der Waals surface area contributed by atoms with Crippen LogP contribution in [0, 0.1) is 11.8 Å². The van der Waals surface area contributed by atoms with Crippen LogP contribution in [0.5, 0.6) is 0 Å². The number of hydrogen-bond donors (Lipinski definition) is 0. The molecule has 1 aliphatic heterocycles. The SMILES string of the molecule is O=C1[C@@H]2CCCC[C@H]2C(=O)N1c1ccc(Cl)c(C(F)(F)F)c1. The van der Waals surface area contributed by atoms with Gasteiger partial charge in [0, 0.05) is 0 Å². The fraction of sp³-hybridized carbons (Fsp3) is 0.467. The van der Waals surface area contributed by atoms with Gasteiger partial charge in [-0.25, -0.2) is 0 Å². The number of halogens is 4. The molecule has 2 atom stereocenters. The Kier molecular flexibility index (Phi) is 3.67. The van der Waals surface area contributed by atoms with E-state index in [9.17, 15) is 22.8 Å². The lowest BCUT2D eigenvalue weighted by atomic mass is 9.81. The summed E-state index contributed by atoms with van der Waals surface area (Å²) in [6.07, 6.45) is -1.67. The third-order valence-corrected chi connectivity index (χ3v) is 4.68. The van der Waals surface area contributed by atoms with Gasteiger partial charge in [0.15, 0.2) is 0 Å². The number of fused-ring (bicyclic) bond motifs is 1. The molecule has 1 aliphatic carbocycles. The lowest BCUT2D eigenvalue weighted by Crippen LogP contribution is -2.31. The second kappa shape index (κ2) is 5.26. The molecule has 22 heavy (non-hydrogen) atoms. The number of hydrogen-bond acceptors (Lipinski definition) is 2. The van der Waals surface area contributed by atoms with Gasteiger partial charge in [0.25, 0.3) is 0 Å². The fourth-order valence-electron chi connectivity index (χ4n) is 3.29. The third-order valence-electron chi connectivity index (χ3n) is 4.35. The lowest BCUT2D eigenvalue weighted by molar-refractivity contribution is -0.137. The topological polar surface area (TPSA) is 37.4 Å². The molecule has 7 heteroatoms. The maximum atomic E-state index is 12.9. The van der Waals surface area contributed by atoms with E-state index < -0.39 is 40.4 Å². The fourth-order valence-corrected chi connectivity index (χ4v) is 3.51. The minimum absolute atomic E-state index is 0.0545. The van der Waals surface area contributed by atoms with Crippen LogP contribution < -0.4 is 4.90 Å². The highest BCUT2D eigenvalue weighted by molar-refractivity contribution is 6.31. The average Bonchev–Trinajstić information content (AvgIpc) is 2.71. The van der Waals surface area contributed by atoms with Gasteiger partial charge in [-0.1, -0.05) is 24.4 Å². The Balaban J connectivity index is 2.01. The van der Waals surface area contributed by atoms with Gasteiger partial charge in [-0.2, -0.15) is 13.2 Å². The highest BCUT2D eigenvalue weighted by atomic mass is 35.5. The monoisotopic (exact) mass is 331 g/mol. The van der Waals surface area contributed by atoms with E-state index in [0.29, 0.717) is 12.8 Å². The molecule has 1 aromatic carbocycles. The van der Waals surface area contributed by atoms with Gasteiger partial charge >= 0.3 is 6.18 Å². The van der Waals surface area contributed by atoms with Crippen LogP contribution >= 0.6 is 11.6 Å². The zero-order chi connectivity index (χ0) is 16.1. The minimum atomic E-state index is -4.63. The van der Waals surface area contributed by atoms with Crippen molar-refractivity contribution in [3.63, 3.8) is 0 Å². The van der Waals surface area contributed by atoms with Crippen molar-refractivity contribution in [3.05, 3.63) is 28.8 Å². The number of alkyl halides is 3. The summed E-state index contributed by atoms with van der Waals surface area (Å²) in [6.45, 7) is 0. The maximum Gasteiger partial charge on any atom is 0.417 e. The standard InChI is InChI=1S/C15H13ClF3NO2/c16-12-6-5-8(7-11(12)15(17,18)19)20-13(21)9-3-1-2-4-10(9)14(20)22/h5-7,9-10H,1-4H2/t9-,10-/m1/s1.